The van der Waals surface area contributed by atoms with Crippen molar-refractivity contribution >= 4 is 0 Å². The van der Waals surface area contributed by atoms with Gasteiger partial charge in [-0.2, -0.15) is 0 Å². The predicted octanol–water partition coefficient (Wildman–Crippen LogP) is 3.06. The smallest absolute Gasteiger partial charge is 0.123 e. The summed E-state index contributed by atoms with van der Waals surface area (Å²) < 4.78 is 5.45. The predicted molar refractivity (Wildman–Crippen MR) is 66.9 cm³/mol. The van der Waals surface area contributed by atoms with Crippen molar-refractivity contribution in [2.24, 2.45) is 5.92 Å². The van der Waals surface area contributed by atoms with Crippen LogP contribution >= 0.6 is 0 Å². The zero-order chi connectivity index (χ0) is 11.5. The Labute approximate surface area is 98.0 Å². The highest BCUT2D eigenvalue weighted by Crippen LogP contribution is 2.39. The average molecular weight is 219 g/mol. The SMILES string of the molecule is CNC(CC1CC1)c1cc(C)ccc1OC. The average Bonchev–Trinajstić information content (AvgIpc) is 3.09. The molecule has 16 heavy (non-hydrogen) atoms. The molecule has 1 aromatic rings. The van der Waals surface area contributed by atoms with Crippen molar-refractivity contribution in [1.29, 1.82) is 0 Å². The quantitative estimate of drug-likeness (QED) is 0.821. The molecule has 0 heterocycles. The van der Waals surface area contributed by atoms with Crippen molar-refractivity contribution in [1.82, 2.24) is 5.32 Å². The van der Waals surface area contributed by atoms with E-state index in [1.54, 1.807) is 7.11 Å². The maximum absolute atomic E-state index is 5.45. The second kappa shape index (κ2) is 4.88. The van der Waals surface area contributed by atoms with E-state index in [0.717, 1.165) is 11.7 Å². The van der Waals surface area contributed by atoms with Crippen LogP contribution in [-0.2, 0) is 0 Å². The first-order valence-electron chi connectivity index (χ1n) is 6.06. The molecule has 1 aliphatic carbocycles. The van der Waals surface area contributed by atoms with Gasteiger partial charge in [0.05, 0.1) is 7.11 Å². The Morgan fingerprint density at radius 3 is 2.75 bits per heavy atom. The Balaban J connectivity index is 2.23. The van der Waals surface area contributed by atoms with Gasteiger partial charge in [0.1, 0.15) is 5.75 Å². The molecule has 2 nitrogen and oxygen atoms in total. The summed E-state index contributed by atoms with van der Waals surface area (Å²) in [5.74, 6) is 1.92. The van der Waals surface area contributed by atoms with Gasteiger partial charge < -0.3 is 10.1 Å². The minimum Gasteiger partial charge on any atom is -0.496 e. The highest BCUT2D eigenvalue weighted by atomic mass is 16.5. The molecule has 0 amide bonds. The summed E-state index contributed by atoms with van der Waals surface area (Å²) in [6.07, 6.45) is 4.02. The van der Waals surface area contributed by atoms with E-state index in [0.29, 0.717) is 6.04 Å². The lowest BCUT2D eigenvalue weighted by Gasteiger charge is -2.19. The van der Waals surface area contributed by atoms with Crippen molar-refractivity contribution in [3.63, 3.8) is 0 Å². The standard InChI is InChI=1S/C14H21NO/c1-10-4-7-14(16-3)12(8-10)13(15-2)9-11-5-6-11/h4,7-8,11,13,15H,5-6,9H2,1-3H3. The van der Waals surface area contributed by atoms with Crippen molar-refractivity contribution in [2.45, 2.75) is 32.2 Å². The number of hydrogen-bond donors (Lipinski definition) is 1. The van der Waals surface area contributed by atoms with E-state index < -0.39 is 0 Å². The molecule has 1 atom stereocenters. The molecule has 1 aliphatic rings. The van der Waals surface area contributed by atoms with Crippen molar-refractivity contribution in [2.75, 3.05) is 14.2 Å². The first kappa shape index (κ1) is 11.5. The van der Waals surface area contributed by atoms with Crippen molar-refractivity contribution < 1.29 is 4.74 Å². The van der Waals surface area contributed by atoms with Crippen LogP contribution in [0.1, 0.15) is 36.4 Å². The van der Waals surface area contributed by atoms with E-state index in [1.807, 2.05) is 7.05 Å². The molecule has 0 saturated heterocycles. The number of nitrogens with one attached hydrogen (secondary N) is 1. The topological polar surface area (TPSA) is 21.3 Å². The third-order valence-electron chi connectivity index (χ3n) is 3.38. The molecular formula is C14H21NO. The summed E-state index contributed by atoms with van der Waals surface area (Å²) in [5.41, 5.74) is 2.60. The van der Waals surface area contributed by atoms with Gasteiger partial charge in [-0.05, 0) is 32.4 Å². The van der Waals surface area contributed by atoms with Crippen LogP contribution in [0.25, 0.3) is 0 Å². The second-order valence-corrected chi connectivity index (χ2v) is 4.77. The highest BCUT2D eigenvalue weighted by molar-refractivity contribution is 5.39. The molecule has 1 saturated carbocycles. The van der Waals surface area contributed by atoms with E-state index in [2.05, 4.69) is 30.4 Å². The summed E-state index contributed by atoms with van der Waals surface area (Å²) in [4.78, 5) is 0. The third-order valence-corrected chi connectivity index (χ3v) is 3.38. The van der Waals surface area contributed by atoms with Crippen molar-refractivity contribution in [3.05, 3.63) is 29.3 Å². The fourth-order valence-corrected chi connectivity index (χ4v) is 2.21. The number of rotatable bonds is 5. The number of ether oxygens (including phenoxy) is 1. The van der Waals surface area contributed by atoms with Gasteiger partial charge in [0.2, 0.25) is 0 Å². The summed E-state index contributed by atoms with van der Waals surface area (Å²) in [6.45, 7) is 2.13. The number of benzene rings is 1. The molecule has 2 heteroatoms. The van der Waals surface area contributed by atoms with Crippen LogP contribution in [0, 0.1) is 12.8 Å². The molecular weight excluding hydrogens is 198 g/mol. The third kappa shape index (κ3) is 2.56. The van der Waals surface area contributed by atoms with Crippen LogP contribution in [0.15, 0.2) is 18.2 Å². The largest absolute Gasteiger partial charge is 0.496 e. The fraction of sp³-hybridized carbons (Fsp3) is 0.571. The minimum absolute atomic E-state index is 0.433. The Morgan fingerprint density at radius 2 is 2.19 bits per heavy atom. The van der Waals surface area contributed by atoms with Gasteiger partial charge in [-0.15, -0.1) is 0 Å². The molecule has 2 rings (SSSR count). The summed E-state index contributed by atoms with van der Waals surface area (Å²) in [7, 11) is 3.78. The van der Waals surface area contributed by atoms with Gasteiger partial charge in [-0.1, -0.05) is 30.5 Å². The van der Waals surface area contributed by atoms with E-state index in [1.165, 1.54) is 30.4 Å². The second-order valence-electron chi connectivity index (χ2n) is 4.77. The first-order chi connectivity index (χ1) is 7.74. The lowest BCUT2D eigenvalue weighted by Crippen LogP contribution is -2.18. The summed E-state index contributed by atoms with van der Waals surface area (Å²) in [5, 5.41) is 3.41. The van der Waals surface area contributed by atoms with Crippen molar-refractivity contribution in [3.8, 4) is 5.75 Å². The van der Waals surface area contributed by atoms with Crippen LogP contribution in [0.5, 0.6) is 5.75 Å². The maximum Gasteiger partial charge on any atom is 0.123 e. The van der Waals surface area contributed by atoms with E-state index in [-0.39, 0.29) is 0 Å². The molecule has 0 aliphatic heterocycles. The van der Waals surface area contributed by atoms with E-state index in [9.17, 15) is 0 Å². The summed E-state index contributed by atoms with van der Waals surface area (Å²) in [6, 6.07) is 6.85. The van der Waals surface area contributed by atoms with E-state index in [4.69, 9.17) is 4.74 Å². The minimum atomic E-state index is 0.433. The van der Waals surface area contributed by atoms with Gasteiger partial charge in [-0.25, -0.2) is 0 Å². The normalized spacial score (nSPS) is 17.2. The van der Waals surface area contributed by atoms with Crippen LogP contribution in [0.2, 0.25) is 0 Å². The van der Waals surface area contributed by atoms with Gasteiger partial charge in [-0.3, -0.25) is 0 Å². The molecule has 1 N–H and O–H groups in total. The number of methoxy groups -OCH3 is 1. The Hall–Kier alpha value is -1.02. The number of hydrogen-bond acceptors (Lipinski definition) is 2. The molecule has 1 fully saturated rings. The highest BCUT2D eigenvalue weighted by Gasteiger charge is 2.26. The van der Waals surface area contributed by atoms with Crippen LogP contribution < -0.4 is 10.1 Å². The first-order valence-corrected chi connectivity index (χ1v) is 6.06. The van der Waals surface area contributed by atoms with Gasteiger partial charge in [0.25, 0.3) is 0 Å². The Kier molecular flexibility index (Phi) is 3.49. The molecule has 88 valence electrons. The molecule has 0 aromatic heterocycles. The Bertz CT molecular complexity index is 358. The summed E-state index contributed by atoms with van der Waals surface area (Å²) >= 11 is 0. The van der Waals surface area contributed by atoms with Gasteiger partial charge in [0.15, 0.2) is 0 Å². The molecule has 1 unspecified atom stereocenters. The van der Waals surface area contributed by atoms with E-state index >= 15 is 0 Å². The Morgan fingerprint density at radius 1 is 1.44 bits per heavy atom. The zero-order valence-electron chi connectivity index (χ0n) is 10.4. The van der Waals surface area contributed by atoms with Gasteiger partial charge in [0, 0.05) is 11.6 Å². The lowest BCUT2D eigenvalue weighted by molar-refractivity contribution is 0.396. The molecule has 0 radical (unpaired) electrons. The van der Waals surface area contributed by atoms with Crippen LogP contribution in [0.3, 0.4) is 0 Å². The monoisotopic (exact) mass is 219 g/mol. The van der Waals surface area contributed by atoms with Gasteiger partial charge >= 0.3 is 0 Å². The van der Waals surface area contributed by atoms with Crippen LogP contribution in [0.4, 0.5) is 0 Å². The molecule has 0 bridgehead atoms. The lowest BCUT2D eigenvalue weighted by atomic mass is 9.98. The molecule has 1 aromatic carbocycles. The van der Waals surface area contributed by atoms with Crippen LogP contribution in [-0.4, -0.2) is 14.2 Å². The zero-order valence-corrected chi connectivity index (χ0v) is 10.4. The number of aryl methyl sites for hydroxylation is 1. The molecule has 0 spiro atoms. The maximum atomic E-state index is 5.45. The fourth-order valence-electron chi connectivity index (χ4n) is 2.21.